The molecule has 1 aromatic carbocycles. The van der Waals surface area contributed by atoms with Crippen LogP contribution < -0.4 is 0 Å². The topological polar surface area (TPSA) is 27.0 Å². The largest absolute Gasteiger partial charge is 0.292 e. The van der Waals surface area contributed by atoms with Crippen molar-refractivity contribution in [3.8, 4) is 6.07 Å². The van der Waals surface area contributed by atoms with Crippen LogP contribution in [0.1, 0.15) is 30.0 Å². The highest BCUT2D eigenvalue weighted by Gasteiger charge is 2.26. The summed E-state index contributed by atoms with van der Waals surface area (Å²) in [4.78, 5) is 2.00. The maximum absolute atomic E-state index is 9.26. The summed E-state index contributed by atoms with van der Waals surface area (Å²) in [6.45, 7) is 6.24. The molecule has 1 rings (SSSR count). The van der Waals surface area contributed by atoms with Crippen LogP contribution in [0.3, 0.4) is 0 Å². The molecule has 1 aromatic rings. The first-order chi connectivity index (χ1) is 7.89. The van der Waals surface area contributed by atoms with Crippen molar-refractivity contribution in [1.82, 2.24) is 4.90 Å². The van der Waals surface area contributed by atoms with E-state index in [4.69, 9.17) is 0 Å². The smallest absolute Gasteiger partial charge is 0.106 e. The van der Waals surface area contributed by atoms with Gasteiger partial charge >= 0.3 is 0 Å². The van der Waals surface area contributed by atoms with Gasteiger partial charge in [-0.25, -0.2) is 0 Å². The predicted octanol–water partition coefficient (Wildman–Crippen LogP) is 3.08. The highest BCUT2D eigenvalue weighted by molar-refractivity contribution is 5.30. The third-order valence-corrected chi connectivity index (χ3v) is 3.61. The van der Waals surface area contributed by atoms with Gasteiger partial charge < -0.3 is 0 Å². The lowest BCUT2D eigenvalue weighted by molar-refractivity contribution is 0.224. The first-order valence-corrected chi connectivity index (χ1v) is 6.04. The van der Waals surface area contributed by atoms with E-state index in [1.54, 1.807) is 0 Å². The Morgan fingerprint density at radius 1 is 1.29 bits per heavy atom. The van der Waals surface area contributed by atoms with Gasteiger partial charge in [0.05, 0.1) is 6.07 Å². The number of rotatable bonds is 4. The summed E-state index contributed by atoms with van der Waals surface area (Å²) in [6, 6.07) is 8.93. The first-order valence-electron chi connectivity index (χ1n) is 6.04. The summed E-state index contributed by atoms with van der Waals surface area (Å²) in [5.41, 5.74) is 3.59. The molecule has 0 aliphatic carbocycles. The molecule has 1 atom stereocenters. The zero-order valence-electron chi connectivity index (χ0n) is 11.5. The predicted molar refractivity (Wildman–Crippen MR) is 71.9 cm³/mol. The fraction of sp³-hybridized carbons (Fsp3) is 0.533. The maximum Gasteiger partial charge on any atom is 0.106 e. The van der Waals surface area contributed by atoms with Gasteiger partial charge in [-0.3, -0.25) is 4.90 Å². The van der Waals surface area contributed by atoms with Crippen LogP contribution in [-0.2, 0) is 6.42 Å². The lowest BCUT2D eigenvalue weighted by Crippen LogP contribution is -2.40. The van der Waals surface area contributed by atoms with E-state index in [2.05, 4.69) is 38.1 Å². The molecule has 2 nitrogen and oxygen atoms in total. The highest BCUT2D eigenvalue weighted by atomic mass is 15.1. The Morgan fingerprint density at radius 2 is 1.94 bits per heavy atom. The molecular formula is C15H22N2. The molecule has 0 bridgehead atoms. The van der Waals surface area contributed by atoms with Crippen LogP contribution in [0, 0.1) is 25.2 Å². The van der Waals surface area contributed by atoms with Crippen molar-refractivity contribution in [2.75, 3.05) is 14.1 Å². The van der Waals surface area contributed by atoms with Crippen molar-refractivity contribution in [1.29, 1.82) is 5.26 Å². The monoisotopic (exact) mass is 230 g/mol. The fourth-order valence-electron chi connectivity index (χ4n) is 1.88. The Kier molecular flexibility index (Phi) is 4.31. The molecular weight excluding hydrogens is 208 g/mol. The van der Waals surface area contributed by atoms with Crippen LogP contribution >= 0.6 is 0 Å². The van der Waals surface area contributed by atoms with Gasteiger partial charge in [-0.15, -0.1) is 0 Å². The van der Waals surface area contributed by atoms with Crippen LogP contribution in [0.15, 0.2) is 18.2 Å². The Balaban J connectivity index is 2.77. The lowest BCUT2D eigenvalue weighted by atomic mass is 9.91. The Labute approximate surface area is 105 Å². The van der Waals surface area contributed by atoms with Crippen LogP contribution in [0.5, 0.6) is 0 Å². The summed E-state index contributed by atoms with van der Waals surface area (Å²) in [7, 11) is 3.93. The molecule has 0 aliphatic heterocycles. The lowest BCUT2D eigenvalue weighted by Gasteiger charge is -2.29. The minimum Gasteiger partial charge on any atom is -0.292 e. The standard InChI is InChI=1S/C15H22N2/c1-12-6-7-14(13(2)10-12)8-9-15(3,11-16)17(4)5/h6-7,10H,8-9H2,1-5H3. The minimum absolute atomic E-state index is 0.378. The second-order valence-electron chi connectivity index (χ2n) is 5.21. The molecule has 2 heteroatoms. The van der Waals surface area contributed by atoms with Gasteiger partial charge in [-0.2, -0.15) is 5.26 Å². The van der Waals surface area contributed by atoms with Crippen LogP contribution in [-0.4, -0.2) is 24.5 Å². The first kappa shape index (κ1) is 13.7. The van der Waals surface area contributed by atoms with E-state index in [1.807, 2.05) is 25.9 Å². The van der Waals surface area contributed by atoms with E-state index < -0.39 is 0 Å². The quantitative estimate of drug-likeness (QED) is 0.794. The minimum atomic E-state index is -0.378. The molecule has 0 radical (unpaired) electrons. The molecule has 0 aliphatic rings. The van der Waals surface area contributed by atoms with Crippen molar-refractivity contribution in [3.05, 3.63) is 34.9 Å². The number of hydrogen-bond donors (Lipinski definition) is 0. The molecule has 0 aromatic heterocycles. The number of nitriles is 1. The van der Waals surface area contributed by atoms with Gasteiger partial charge in [0, 0.05) is 0 Å². The van der Waals surface area contributed by atoms with Crippen LogP contribution in [0.2, 0.25) is 0 Å². The maximum atomic E-state index is 9.26. The summed E-state index contributed by atoms with van der Waals surface area (Å²) in [5.74, 6) is 0. The normalized spacial score (nSPS) is 14.4. The Bertz CT molecular complexity index is 429. The van der Waals surface area contributed by atoms with E-state index in [0.717, 1.165) is 12.8 Å². The van der Waals surface area contributed by atoms with E-state index in [-0.39, 0.29) is 5.54 Å². The van der Waals surface area contributed by atoms with Crippen molar-refractivity contribution < 1.29 is 0 Å². The zero-order valence-corrected chi connectivity index (χ0v) is 11.5. The van der Waals surface area contributed by atoms with Gasteiger partial charge in [-0.05, 0) is 58.8 Å². The third kappa shape index (κ3) is 3.31. The summed E-state index contributed by atoms with van der Waals surface area (Å²) in [6.07, 6.45) is 1.81. The molecule has 92 valence electrons. The van der Waals surface area contributed by atoms with Crippen LogP contribution in [0.25, 0.3) is 0 Å². The van der Waals surface area contributed by atoms with Crippen molar-refractivity contribution in [2.45, 2.75) is 39.2 Å². The Morgan fingerprint density at radius 3 is 2.41 bits per heavy atom. The molecule has 0 N–H and O–H groups in total. The van der Waals surface area contributed by atoms with Crippen molar-refractivity contribution >= 4 is 0 Å². The van der Waals surface area contributed by atoms with Crippen molar-refractivity contribution in [3.63, 3.8) is 0 Å². The van der Waals surface area contributed by atoms with E-state index >= 15 is 0 Å². The van der Waals surface area contributed by atoms with E-state index in [9.17, 15) is 5.26 Å². The number of nitrogens with zero attached hydrogens (tertiary/aromatic N) is 2. The highest BCUT2D eigenvalue weighted by Crippen LogP contribution is 2.20. The average molecular weight is 230 g/mol. The molecule has 0 amide bonds. The molecule has 0 spiro atoms. The van der Waals surface area contributed by atoms with Gasteiger partial charge in [-0.1, -0.05) is 23.8 Å². The SMILES string of the molecule is Cc1ccc(CCC(C)(C#N)N(C)C)c(C)c1. The van der Waals surface area contributed by atoms with E-state index in [0.29, 0.717) is 0 Å². The average Bonchev–Trinajstić information content (AvgIpc) is 2.27. The van der Waals surface area contributed by atoms with Crippen molar-refractivity contribution in [2.24, 2.45) is 0 Å². The summed E-state index contributed by atoms with van der Waals surface area (Å²) < 4.78 is 0. The third-order valence-electron chi connectivity index (χ3n) is 3.61. The van der Waals surface area contributed by atoms with Gasteiger partial charge in [0.2, 0.25) is 0 Å². The number of aryl methyl sites for hydroxylation is 3. The molecule has 0 fully saturated rings. The van der Waals surface area contributed by atoms with E-state index in [1.165, 1.54) is 16.7 Å². The van der Waals surface area contributed by atoms with Crippen LogP contribution in [0.4, 0.5) is 0 Å². The van der Waals surface area contributed by atoms with Gasteiger partial charge in [0.1, 0.15) is 5.54 Å². The number of hydrogen-bond acceptors (Lipinski definition) is 2. The molecule has 0 heterocycles. The number of benzene rings is 1. The van der Waals surface area contributed by atoms with Gasteiger partial charge in [0.25, 0.3) is 0 Å². The zero-order chi connectivity index (χ0) is 13.1. The second-order valence-corrected chi connectivity index (χ2v) is 5.21. The molecule has 0 saturated carbocycles. The summed E-state index contributed by atoms with van der Waals surface area (Å²) >= 11 is 0. The van der Waals surface area contributed by atoms with Gasteiger partial charge in [0.15, 0.2) is 0 Å². The molecule has 1 unspecified atom stereocenters. The molecule has 17 heavy (non-hydrogen) atoms. The molecule has 0 saturated heterocycles. The fourth-order valence-corrected chi connectivity index (χ4v) is 1.88. The second kappa shape index (κ2) is 5.33. The summed E-state index contributed by atoms with van der Waals surface area (Å²) in [5, 5.41) is 9.26. The Hall–Kier alpha value is -1.33.